The van der Waals surface area contributed by atoms with Gasteiger partial charge >= 0.3 is 0 Å². The zero-order valence-electron chi connectivity index (χ0n) is 11.0. The van der Waals surface area contributed by atoms with Gasteiger partial charge in [0.1, 0.15) is 10.8 Å². The monoisotopic (exact) mass is 328 g/mol. The molecule has 3 nitrogen and oxygen atoms in total. The Morgan fingerprint density at radius 1 is 1.44 bits per heavy atom. The van der Waals surface area contributed by atoms with Gasteiger partial charge in [-0.25, -0.2) is 0 Å². The van der Waals surface area contributed by atoms with Crippen molar-refractivity contribution in [2.45, 2.75) is 38.5 Å². The second kappa shape index (κ2) is 6.07. The molecule has 1 rings (SSSR count). The summed E-state index contributed by atoms with van der Waals surface area (Å²) in [5.74, 6) is 0. The Bertz CT molecular complexity index is 465. The minimum absolute atomic E-state index is 0.0332. The molecule has 0 saturated heterocycles. The molecule has 0 aliphatic heterocycles. The van der Waals surface area contributed by atoms with Crippen LogP contribution in [0.2, 0.25) is 0 Å². The Kier molecular flexibility index (Phi) is 5.23. The molecular weight excluding hydrogens is 312 g/mol. The number of halogens is 1. The van der Waals surface area contributed by atoms with Crippen LogP contribution in [0.15, 0.2) is 22.7 Å². The fourth-order valence-electron chi connectivity index (χ4n) is 1.30. The first kappa shape index (κ1) is 15.5. The quantitative estimate of drug-likeness (QED) is 0.864. The zero-order valence-corrected chi connectivity index (χ0v) is 13.4. The standard InChI is InChI=1S/C13H17BrN2OS/c1-9(16-18(17)13(2,3)4)10-5-6-11(8-15)12(14)7-10/h5-7,9,16H,1-4H3/t9-,18+/m1/s1. The minimum Gasteiger partial charge on any atom is -0.598 e. The van der Waals surface area contributed by atoms with Gasteiger partial charge < -0.3 is 4.55 Å². The Hall–Kier alpha value is -0.540. The van der Waals surface area contributed by atoms with Crippen LogP contribution in [0.1, 0.15) is 44.9 Å². The molecule has 2 atom stereocenters. The van der Waals surface area contributed by atoms with Crippen molar-refractivity contribution in [1.29, 1.82) is 5.26 Å². The van der Waals surface area contributed by atoms with Crippen molar-refractivity contribution in [3.05, 3.63) is 33.8 Å². The zero-order chi connectivity index (χ0) is 13.9. The summed E-state index contributed by atoms with van der Waals surface area (Å²) in [6.07, 6.45) is 0. The summed E-state index contributed by atoms with van der Waals surface area (Å²) in [6, 6.07) is 7.59. The Balaban J connectivity index is 2.83. The molecule has 0 bridgehead atoms. The minimum atomic E-state index is -1.11. The number of nitriles is 1. The molecule has 98 valence electrons. The number of nitrogens with one attached hydrogen (secondary N) is 1. The predicted octanol–water partition coefficient (Wildman–Crippen LogP) is 3.43. The van der Waals surface area contributed by atoms with Crippen molar-refractivity contribution < 1.29 is 4.55 Å². The normalized spacial score (nSPS) is 14.9. The van der Waals surface area contributed by atoms with Crippen LogP contribution in [0, 0.1) is 11.3 Å². The van der Waals surface area contributed by atoms with E-state index in [1.54, 1.807) is 6.07 Å². The molecule has 1 aromatic carbocycles. The number of benzene rings is 1. The highest BCUT2D eigenvalue weighted by Gasteiger charge is 2.28. The SMILES string of the molecule is C[C@@H](N[S@@+]([O-])C(C)(C)C)c1ccc(C#N)c(Br)c1. The first-order valence-electron chi connectivity index (χ1n) is 5.63. The van der Waals surface area contributed by atoms with Crippen molar-refractivity contribution in [3.8, 4) is 6.07 Å². The average molecular weight is 329 g/mol. The van der Waals surface area contributed by atoms with Crippen LogP contribution in [-0.4, -0.2) is 9.30 Å². The molecule has 0 saturated carbocycles. The fraction of sp³-hybridized carbons (Fsp3) is 0.462. The number of hydrogen-bond acceptors (Lipinski definition) is 3. The highest BCUT2D eigenvalue weighted by molar-refractivity contribution is 9.10. The third kappa shape index (κ3) is 3.99. The van der Waals surface area contributed by atoms with Crippen LogP contribution in [-0.2, 0) is 11.4 Å². The molecule has 1 N–H and O–H groups in total. The Morgan fingerprint density at radius 3 is 2.50 bits per heavy atom. The van der Waals surface area contributed by atoms with E-state index >= 15 is 0 Å². The lowest BCUT2D eigenvalue weighted by atomic mass is 10.1. The summed E-state index contributed by atoms with van der Waals surface area (Å²) in [5.41, 5.74) is 1.60. The van der Waals surface area contributed by atoms with Gasteiger partial charge in [0.05, 0.1) is 11.6 Å². The smallest absolute Gasteiger partial charge is 0.136 e. The number of rotatable bonds is 3. The summed E-state index contributed by atoms with van der Waals surface area (Å²) in [6.45, 7) is 7.74. The van der Waals surface area contributed by atoms with Crippen LogP contribution in [0.25, 0.3) is 0 Å². The van der Waals surface area contributed by atoms with Crippen LogP contribution < -0.4 is 4.72 Å². The Morgan fingerprint density at radius 2 is 2.06 bits per heavy atom. The van der Waals surface area contributed by atoms with E-state index in [4.69, 9.17) is 5.26 Å². The molecule has 0 fully saturated rings. The van der Waals surface area contributed by atoms with E-state index in [1.165, 1.54) is 0 Å². The molecule has 0 spiro atoms. The van der Waals surface area contributed by atoms with Gasteiger partial charge in [0.2, 0.25) is 0 Å². The van der Waals surface area contributed by atoms with Gasteiger partial charge in [-0.3, -0.25) is 0 Å². The molecule has 18 heavy (non-hydrogen) atoms. The fourth-order valence-corrected chi connectivity index (χ4v) is 2.59. The summed E-state index contributed by atoms with van der Waals surface area (Å²) in [4.78, 5) is 0. The van der Waals surface area contributed by atoms with E-state index in [0.29, 0.717) is 5.56 Å². The van der Waals surface area contributed by atoms with E-state index in [2.05, 4.69) is 26.7 Å². The molecule has 1 aromatic rings. The van der Waals surface area contributed by atoms with Crippen LogP contribution in [0.5, 0.6) is 0 Å². The van der Waals surface area contributed by atoms with Crippen molar-refractivity contribution in [2.75, 3.05) is 0 Å². The molecule has 0 heterocycles. The first-order valence-corrected chi connectivity index (χ1v) is 7.57. The van der Waals surface area contributed by atoms with E-state index in [9.17, 15) is 4.55 Å². The highest BCUT2D eigenvalue weighted by atomic mass is 79.9. The molecule has 5 heteroatoms. The van der Waals surface area contributed by atoms with Gasteiger partial charge in [-0.05, 0) is 61.3 Å². The Labute approximate surface area is 120 Å². The van der Waals surface area contributed by atoms with E-state index in [1.807, 2.05) is 39.8 Å². The van der Waals surface area contributed by atoms with Gasteiger partial charge in [0.25, 0.3) is 0 Å². The summed E-state index contributed by atoms with van der Waals surface area (Å²) >= 11 is 2.24. The summed E-state index contributed by atoms with van der Waals surface area (Å²) in [5, 5.41) is 8.86. The van der Waals surface area contributed by atoms with E-state index in [-0.39, 0.29) is 10.8 Å². The number of hydrogen-bond donors (Lipinski definition) is 1. The molecule has 0 aromatic heterocycles. The van der Waals surface area contributed by atoms with Gasteiger partial charge in [0, 0.05) is 15.8 Å². The average Bonchev–Trinajstić information content (AvgIpc) is 2.27. The van der Waals surface area contributed by atoms with Gasteiger partial charge in [-0.1, -0.05) is 6.07 Å². The van der Waals surface area contributed by atoms with Crippen molar-refractivity contribution in [3.63, 3.8) is 0 Å². The maximum Gasteiger partial charge on any atom is 0.136 e. The molecular formula is C13H17BrN2OS. The van der Waals surface area contributed by atoms with Crippen molar-refractivity contribution in [1.82, 2.24) is 4.72 Å². The van der Waals surface area contributed by atoms with E-state index < -0.39 is 11.4 Å². The molecule has 0 aliphatic rings. The topological polar surface area (TPSA) is 58.9 Å². The van der Waals surface area contributed by atoms with Crippen molar-refractivity contribution in [2.24, 2.45) is 0 Å². The predicted molar refractivity (Wildman–Crippen MR) is 78.3 cm³/mol. The number of nitrogens with zero attached hydrogens (tertiary/aromatic N) is 1. The van der Waals surface area contributed by atoms with Crippen LogP contribution >= 0.6 is 15.9 Å². The van der Waals surface area contributed by atoms with Gasteiger partial charge in [0.15, 0.2) is 0 Å². The van der Waals surface area contributed by atoms with E-state index in [0.717, 1.165) is 10.0 Å². The molecule has 0 aliphatic carbocycles. The lowest BCUT2D eigenvalue weighted by molar-refractivity contribution is 0.531. The van der Waals surface area contributed by atoms with Crippen LogP contribution in [0.4, 0.5) is 0 Å². The maximum absolute atomic E-state index is 12.0. The largest absolute Gasteiger partial charge is 0.598 e. The third-order valence-electron chi connectivity index (χ3n) is 2.45. The van der Waals surface area contributed by atoms with Gasteiger partial charge in [-0.2, -0.15) is 5.26 Å². The second-order valence-electron chi connectivity index (χ2n) is 5.07. The second-order valence-corrected chi connectivity index (χ2v) is 7.92. The summed E-state index contributed by atoms with van der Waals surface area (Å²) in [7, 11) is 0. The molecule has 0 amide bonds. The summed E-state index contributed by atoms with van der Waals surface area (Å²) < 4.78 is 15.5. The maximum atomic E-state index is 12.0. The first-order chi connectivity index (χ1) is 8.25. The van der Waals surface area contributed by atoms with Gasteiger partial charge in [-0.15, -0.1) is 4.72 Å². The molecule has 0 radical (unpaired) electrons. The lowest BCUT2D eigenvalue weighted by Crippen LogP contribution is -2.40. The molecule has 0 unspecified atom stereocenters. The highest BCUT2D eigenvalue weighted by Crippen LogP contribution is 2.24. The van der Waals surface area contributed by atoms with Crippen LogP contribution in [0.3, 0.4) is 0 Å². The van der Waals surface area contributed by atoms with Crippen molar-refractivity contribution >= 4 is 27.3 Å². The lowest BCUT2D eigenvalue weighted by Gasteiger charge is -2.26. The third-order valence-corrected chi connectivity index (χ3v) is 4.79.